The van der Waals surface area contributed by atoms with E-state index in [1.165, 1.54) is 25.2 Å². The maximum Gasteiger partial charge on any atom is 0.414 e. The quantitative estimate of drug-likeness (QED) is 0.182. The maximum absolute atomic E-state index is 13.6. The molecule has 0 radical (unpaired) electrons. The summed E-state index contributed by atoms with van der Waals surface area (Å²) < 4.78 is 16.3. The lowest BCUT2D eigenvalue weighted by Crippen LogP contribution is -2.25. The minimum Gasteiger partial charge on any atom is -0.493 e. The number of aromatic nitrogens is 1. The maximum atomic E-state index is 13.6. The van der Waals surface area contributed by atoms with E-state index in [-0.39, 0.29) is 23.0 Å². The highest BCUT2D eigenvalue weighted by molar-refractivity contribution is 6.34. The molecular weight excluding hydrogens is 516 g/mol. The number of hydrogen-bond donors (Lipinski definition) is 0. The van der Waals surface area contributed by atoms with Gasteiger partial charge in [0, 0.05) is 47.4 Å². The van der Waals surface area contributed by atoms with Gasteiger partial charge in [-0.2, -0.15) is 0 Å². The van der Waals surface area contributed by atoms with Gasteiger partial charge in [0.25, 0.3) is 0 Å². The third-order valence-electron chi connectivity index (χ3n) is 6.18. The molecule has 0 aliphatic heterocycles. The molecule has 1 heterocycles. The number of nitrogens with zero attached hydrogens (tertiary/aromatic N) is 2. The standard InChI is InChI=1S/C31H29ClN2O5/c1-18-13-19(2)29-22(14-18)28(21-9-7-8-10-24(21)32)23(17-33-29)25(35)12-11-20-15-26(37-5)30(27(16-20)38-6)39-31(36)34(3)4/h7-17H,1-6H3/b12-11+. The molecule has 0 aliphatic rings. The monoisotopic (exact) mass is 544 g/mol. The van der Waals surface area contributed by atoms with Crippen LogP contribution in [0.25, 0.3) is 28.1 Å². The Kier molecular flexibility index (Phi) is 8.21. The molecule has 0 N–H and O–H groups in total. The van der Waals surface area contributed by atoms with Crippen molar-refractivity contribution < 1.29 is 23.8 Å². The molecule has 39 heavy (non-hydrogen) atoms. The van der Waals surface area contributed by atoms with Crippen molar-refractivity contribution in [2.24, 2.45) is 0 Å². The molecule has 0 spiro atoms. The fraction of sp³-hybridized carbons (Fsp3) is 0.194. The van der Waals surface area contributed by atoms with Crippen LogP contribution in [0.1, 0.15) is 27.0 Å². The second-order valence-corrected chi connectivity index (χ2v) is 9.63. The molecule has 1 amide bonds. The van der Waals surface area contributed by atoms with Gasteiger partial charge in [-0.25, -0.2) is 4.79 Å². The summed E-state index contributed by atoms with van der Waals surface area (Å²) in [5.74, 6) is 0.464. The van der Waals surface area contributed by atoms with Gasteiger partial charge in [0.05, 0.1) is 19.7 Å². The number of allylic oxidation sites excluding steroid dienone is 1. The predicted molar refractivity (Wildman–Crippen MR) is 154 cm³/mol. The van der Waals surface area contributed by atoms with Crippen LogP contribution < -0.4 is 14.2 Å². The smallest absolute Gasteiger partial charge is 0.414 e. The summed E-state index contributed by atoms with van der Waals surface area (Å²) in [6, 6.07) is 14.9. The first-order chi connectivity index (χ1) is 18.6. The van der Waals surface area contributed by atoms with Crippen molar-refractivity contribution >= 4 is 40.5 Å². The summed E-state index contributed by atoms with van der Waals surface area (Å²) in [7, 11) is 6.07. The van der Waals surface area contributed by atoms with Crippen molar-refractivity contribution in [1.29, 1.82) is 0 Å². The second-order valence-electron chi connectivity index (χ2n) is 9.22. The molecule has 0 atom stereocenters. The zero-order valence-corrected chi connectivity index (χ0v) is 23.4. The summed E-state index contributed by atoms with van der Waals surface area (Å²) in [6.45, 7) is 4.01. The van der Waals surface area contributed by atoms with Gasteiger partial charge in [0.15, 0.2) is 17.3 Å². The molecule has 4 rings (SSSR count). The number of amides is 1. The lowest BCUT2D eigenvalue weighted by atomic mass is 9.92. The molecule has 0 fully saturated rings. The first kappa shape index (κ1) is 27.7. The van der Waals surface area contributed by atoms with Crippen LogP contribution in [-0.4, -0.2) is 50.1 Å². The van der Waals surface area contributed by atoms with E-state index in [0.717, 1.165) is 33.2 Å². The van der Waals surface area contributed by atoms with Crippen LogP contribution in [0.2, 0.25) is 5.02 Å². The van der Waals surface area contributed by atoms with Gasteiger partial charge in [0.1, 0.15) is 0 Å². The number of ketones is 1. The molecule has 0 unspecified atom stereocenters. The Labute approximate surface area is 232 Å². The molecule has 0 bridgehead atoms. The number of methoxy groups -OCH3 is 2. The first-order valence-corrected chi connectivity index (χ1v) is 12.5. The van der Waals surface area contributed by atoms with Gasteiger partial charge in [-0.3, -0.25) is 9.78 Å². The van der Waals surface area contributed by atoms with E-state index in [0.29, 0.717) is 16.1 Å². The minimum atomic E-state index is -0.577. The minimum absolute atomic E-state index is 0.146. The normalized spacial score (nSPS) is 11.1. The molecule has 8 heteroatoms. The number of aryl methyl sites for hydroxylation is 2. The number of hydrogen-bond acceptors (Lipinski definition) is 6. The van der Waals surface area contributed by atoms with E-state index in [4.69, 9.17) is 25.8 Å². The van der Waals surface area contributed by atoms with Gasteiger partial charge in [-0.1, -0.05) is 47.5 Å². The molecular formula is C31H29ClN2O5. The summed E-state index contributed by atoms with van der Waals surface area (Å²) in [4.78, 5) is 31.7. The van der Waals surface area contributed by atoms with E-state index < -0.39 is 6.09 Å². The number of fused-ring (bicyclic) bond motifs is 1. The lowest BCUT2D eigenvalue weighted by Gasteiger charge is -2.16. The molecule has 200 valence electrons. The SMILES string of the molecule is COc1cc(/C=C/C(=O)c2cnc3c(C)cc(C)cc3c2-c2ccccc2Cl)cc(OC)c1OC(=O)N(C)C. The molecule has 7 nitrogen and oxygen atoms in total. The number of ether oxygens (including phenoxy) is 3. The van der Waals surface area contributed by atoms with Gasteiger partial charge in [-0.05, 0) is 55.3 Å². The van der Waals surface area contributed by atoms with E-state index >= 15 is 0 Å². The Morgan fingerprint density at radius 1 is 0.974 bits per heavy atom. The Balaban J connectivity index is 1.80. The highest BCUT2D eigenvalue weighted by atomic mass is 35.5. The Hall–Kier alpha value is -4.36. The fourth-order valence-electron chi connectivity index (χ4n) is 4.34. The van der Waals surface area contributed by atoms with Crippen LogP contribution in [0.5, 0.6) is 17.2 Å². The van der Waals surface area contributed by atoms with Gasteiger partial charge >= 0.3 is 6.09 Å². The number of carbonyl (C=O) groups excluding carboxylic acids is 2. The molecule has 1 aromatic heterocycles. The molecule has 4 aromatic rings. The molecule has 0 aliphatic carbocycles. The zero-order chi connectivity index (χ0) is 28.3. The summed E-state index contributed by atoms with van der Waals surface area (Å²) >= 11 is 6.61. The third kappa shape index (κ3) is 5.73. The van der Waals surface area contributed by atoms with E-state index in [9.17, 15) is 9.59 Å². The van der Waals surface area contributed by atoms with E-state index in [1.807, 2.05) is 38.1 Å². The Morgan fingerprint density at radius 2 is 1.64 bits per heavy atom. The average Bonchev–Trinajstić information content (AvgIpc) is 2.91. The number of halogens is 1. The number of benzene rings is 3. The lowest BCUT2D eigenvalue weighted by molar-refractivity contribution is 0.104. The van der Waals surface area contributed by atoms with Crippen LogP contribution in [0.4, 0.5) is 4.79 Å². The zero-order valence-electron chi connectivity index (χ0n) is 22.7. The Bertz CT molecular complexity index is 1590. The third-order valence-corrected chi connectivity index (χ3v) is 6.51. The van der Waals surface area contributed by atoms with Gasteiger partial charge < -0.3 is 19.1 Å². The van der Waals surface area contributed by atoms with Crippen LogP contribution in [-0.2, 0) is 0 Å². The molecule has 3 aromatic carbocycles. The van der Waals surface area contributed by atoms with E-state index in [1.54, 1.807) is 44.6 Å². The Morgan fingerprint density at radius 3 is 2.26 bits per heavy atom. The van der Waals surface area contributed by atoms with Crippen LogP contribution in [0.3, 0.4) is 0 Å². The van der Waals surface area contributed by atoms with Crippen molar-refractivity contribution in [2.75, 3.05) is 28.3 Å². The van der Waals surface area contributed by atoms with Gasteiger partial charge in [-0.15, -0.1) is 0 Å². The molecule has 0 saturated carbocycles. The first-order valence-electron chi connectivity index (χ1n) is 12.2. The molecule has 0 saturated heterocycles. The summed E-state index contributed by atoms with van der Waals surface area (Å²) in [5.41, 5.74) is 5.41. The highest BCUT2D eigenvalue weighted by Crippen LogP contribution is 2.40. The van der Waals surface area contributed by atoms with Crippen LogP contribution >= 0.6 is 11.6 Å². The van der Waals surface area contributed by atoms with Gasteiger partial charge in [0.2, 0.25) is 5.75 Å². The van der Waals surface area contributed by atoms with Crippen molar-refractivity contribution in [2.45, 2.75) is 13.8 Å². The van der Waals surface area contributed by atoms with Crippen molar-refractivity contribution in [1.82, 2.24) is 9.88 Å². The topological polar surface area (TPSA) is 78.0 Å². The number of carbonyl (C=O) groups is 2. The fourth-order valence-corrected chi connectivity index (χ4v) is 4.57. The second kappa shape index (κ2) is 11.6. The predicted octanol–water partition coefficient (Wildman–Crippen LogP) is 7.15. The largest absolute Gasteiger partial charge is 0.493 e. The van der Waals surface area contributed by atoms with Crippen LogP contribution in [0.15, 0.2) is 60.8 Å². The number of pyridine rings is 1. The number of rotatable bonds is 7. The highest BCUT2D eigenvalue weighted by Gasteiger charge is 2.20. The van der Waals surface area contributed by atoms with E-state index in [2.05, 4.69) is 11.1 Å². The van der Waals surface area contributed by atoms with Crippen molar-refractivity contribution in [3.63, 3.8) is 0 Å². The van der Waals surface area contributed by atoms with Crippen molar-refractivity contribution in [3.05, 3.63) is 88.1 Å². The van der Waals surface area contributed by atoms with Crippen molar-refractivity contribution in [3.8, 4) is 28.4 Å². The summed E-state index contributed by atoms with van der Waals surface area (Å²) in [6.07, 6.45) is 4.13. The average molecular weight is 545 g/mol. The summed E-state index contributed by atoms with van der Waals surface area (Å²) in [5, 5.41) is 1.40. The van der Waals surface area contributed by atoms with Crippen LogP contribution in [0, 0.1) is 13.8 Å².